The van der Waals surface area contributed by atoms with Gasteiger partial charge in [0.25, 0.3) is 0 Å². The van der Waals surface area contributed by atoms with Gasteiger partial charge in [0.15, 0.2) is 0 Å². The van der Waals surface area contributed by atoms with E-state index < -0.39 is 10.0 Å². The monoisotopic (exact) mass is 267 g/mol. The highest BCUT2D eigenvalue weighted by molar-refractivity contribution is 7.89. The molecule has 0 radical (unpaired) electrons. The highest BCUT2D eigenvalue weighted by atomic mass is 32.2. The highest BCUT2D eigenvalue weighted by Crippen LogP contribution is 2.08. The van der Waals surface area contributed by atoms with E-state index in [1.54, 1.807) is 12.1 Å². The molecule has 1 aromatic rings. The Labute approximate surface area is 111 Å². The number of benzene rings is 1. The Bertz CT molecular complexity index is 527. The average molecular weight is 267 g/mol. The molecule has 2 N–H and O–H groups in total. The van der Waals surface area contributed by atoms with Crippen LogP contribution in [0.25, 0.3) is 0 Å². The van der Waals surface area contributed by atoms with Crippen LogP contribution in [0.15, 0.2) is 29.2 Å². The number of unbranched alkanes of at least 4 members (excludes halogenated alkanes) is 4. The third-order valence-corrected chi connectivity index (χ3v) is 3.50. The lowest BCUT2D eigenvalue weighted by atomic mass is 10.1. The van der Waals surface area contributed by atoms with Gasteiger partial charge in [0.2, 0.25) is 10.0 Å². The van der Waals surface area contributed by atoms with Crippen LogP contribution >= 0.6 is 0 Å². The number of hydrogen-bond acceptors (Lipinski definition) is 2. The van der Waals surface area contributed by atoms with Gasteiger partial charge in [-0.1, -0.05) is 38.0 Å². The Balaban J connectivity index is 0.00000324. The molecule has 0 atom stereocenters. The van der Waals surface area contributed by atoms with Gasteiger partial charge in [-0.2, -0.15) is 0 Å². The second-order valence-corrected chi connectivity index (χ2v) is 5.74. The van der Waals surface area contributed by atoms with Crippen molar-refractivity contribution in [3.63, 3.8) is 0 Å². The van der Waals surface area contributed by atoms with Gasteiger partial charge in [-0.15, -0.1) is 0 Å². The molecular weight excluding hydrogens is 246 g/mol. The topological polar surface area (TPSA) is 60.2 Å². The van der Waals surface area contributed by atoms with Crippen LogP contribution in [0, 0.1) is 11.8 Å². The number of sulfonamides is 1. The van der Waals surface area contributed by atoms with E-state index in [-0.39, 0.29) is 6.32 Å². The SMILES string of the molecule is CCCCCCC#Cc1ccc(S(N)(=O)=O)cc1.[HH]. The van der Waals surface area contributed by atoms with Crippen molar-refractivity contribution in [2.45, 2.75) is 43.9 Å². The average Bonchev–Trinajstić information content (AvgIpc) is 2.33. The molecule has 0 saturated carbocycles. The number of rotatable bonds is 5. The fraction of sp³-hybridized carbons (Fsp3) is 0.429. The number of hydrogen-bond donors (Lipinski definition) is 1. The maximum absolute atomic E-state index is 11.0. The van der Waals surface area contributed by atoms with Crippen molar-refractivity contribution in [3.05, 3.63) is 29.8 Å². The first-order valence-corrected chi connectivity index (χ1v) is 7.70. The fourth-order valence-corrected chi connectivity index (χ4v) is 2.05. The molecule has 1 aromatic carbocycles. The van der Waals surface area contributed by atoms with Crippen molar-refractivity contribution in [1.29, 1.82) is 0 Å². The molecule has 0 heterocycles. The summed E-state index contributed by atoms with van der Waals surface area (Å²) in [6.45, 7) is 2.18. The maximum Gasteiger partial charge on any atom is 0.238 e. The molecule has 0 bridgehead atoms. The summed E-state index contributed by atoms with van der Waals surface area (Å²) in [4.78, 5) is 0.121. The van der Waals surface area contributed by atoms with Crippen molar-refractivity contribution in [3.8, 4) is 11.8 Å². The van der Waals surface area contributed by atoms with E-state index in [1.807, 2.05) is 0 Å². The Morgan fingerprint density at radius 2 is 1.83 bits per heavy atom. The van der Waals surface area contributed by atoms with E-state index in [9.17, 15) is 8.42 Å². The van der Waals surface area contributed by atoms with Crippen LogP contribution < -0.4 is 5.14 Å². The summed E-state index contributed by atoms with van der Waals surface area (Å²) in [7, 11) is -3.60. The van der Waals surface area contributed by atoms with Crippen LogP contribution in [0.5, 0.6) is 0 Å². The first-order chi connectivity index (χ1) is 8.54. The Morgan fingerprint density at radius 3 is 2.39 bits per heavy atom. The second-order valence-electron chi connectivity index (χ2n) is 4.18. The maximum atomic E-state index is 11.0. The first-order valence-electron chi connectivity index (χ1n) is 6.16. The summed E-state index contributed by atoms with van der Waals surface area (Å²) in [5.74, 6) is 6.10. The van der Waals surface area contributed by atoms with E-state index in [1.165, 1.54) is 31.4 Å². The lowest BCUT2D eigenvalue weighted by Gasteiger charge is -1.97. The summed E-state index contributed by atoms with van der Waals surface area (Å²) in [5, 5.41) is 5.01. The molecule has 18 heavy (non-hydrogen) atoms. The van der Waals surface area contributed by atoms with E-state index in [0.717, 1.165) is 18.4 Å². The normalized spacial score (nSPS) is 10.8. The van der Waals surface area contributed by atoms with E-state index in [2.05, 4.69) is 18.8 Å². The van der Waals surface area contributed by atoms with Crippen molar-refractivity contribution in [1.82, 2.24) is 0 Å². The van der Waals surface area contributed by atoms with E-state index >= 15 is 0 Å². The van der Waals surface area contributed by atoms with E-state index in [4.69, 9.17) is 5.14 Å². The predicted molar refractivity (Wildman–Crippen MR) is 75.6 cm³/mol. The molecule has 100 valence electrons. The third kappa shape index (κ3) is 5.35. The van der Waals surface area contributed by atoms with Crippen LogP contribution in [-0.2, 0) is 10.0 Å². The van der Waals surface area contributed by atoms with Crippen molar-refractivity contribution < 1.29 is 9.84 Å². The largest absolute Gasteiger partial charge is 0.238 e. The highest BCUT2D eigenvalue weighted by Gasteiger charge is 2.05. The van der Waals surface area contributed by atoms with Gasteiger partial charge in [0.1, 0.15) is 0 Å². The predicted octanol–water partition coefficient (Wildman–Crippen LogP) is 2.90. The minimum atomic E-state index is -3.60. The molecule has 3 nitrogen and oxygen atoms in total. The zero-order valence-electron chi connectivity index (χ0n) is 10.6. The van der Waals surface area contributed by atoms with Gasteiger partial charge in [0, 0.05) is 13.4 Å². The molecule has 0 aliphatic heterocycles. The zero-order chi connectivity index (χ0) is 13.4. The lowest BCUT2D eigenvalue weighted by Crippen LogP contribution is -2.11. The zero-order valence-corrected chi connectivity index (χ0v) is 11.5. The molecular formula is C14H21NO2S. The summed E-state index contributed by atoms with van der Waals surface area (Å²) in [5.41, 5.74) is 0.817. The molecule has 0 saturated heterocycles. The molecule has 0 unspecified atom stereocenters. The Morgan fingerprint density at radius 1 is 1.17 bits per heavy atom. The van der Waals surface area contributed by atoms with Crippen molar-refractivity contribution in [2.75, 3.05) is 0 Å². The molecule has 0 spiro atoms. The summed E-state index contributed by atoms with van der Waals surface area (Å²) in [6, 6.07) is 6.32. The minimum absolute atomic E-state index is 0. The lowest BCUT2D eigenvalue weighted by molar-refractivity contribution is 0.598. The Hall–Kier alpha value is -1.31. The molecule has 0 aliphatic carbocycles. The number of primary sulfonamides is 1. The molecule has 0 aliphatic rings. The van der Waals surface area contributed by atoms with Gasteiger partial charge in [-0.25, -0.2) is 13.6 Å². The molecule has 0 fully saturated rings. The summed E-state index contributed by atoms with van der Waals surface area (Å²) in [6.07, 6.45) is 5.70. The standard InChI is InChI=1S/C14H19NO2S.H2/c1-2-3-4-5-6-7-8-13-9-11-14(12-10-13)18(15,16)17;/h9-12H,2-6H2,1H3,(H2,15,16,17);1H. The van der Waals surface area contributed by atoms with Crippen molar-refractivity contribution >= 4 is 10.0 Å². The van der Waals surface area contributed by atoms with E-state index in [0.29, 0.717) is 0 Å². The smallest absolute Gasteiger partial charge is 0.225 e. The van der Waals surface area contributed by atoms with Crippen LogP contribution in [0.3, 0.4) is 0 Å². The fourth-order valence-electron chi connectivity index (χ4n) is 1.53. The van der Waals surface area contributed by atoms with Gasteiger partial charge < -0.3 is 0 Å². The van der Waals surface area contributed by atoms with Gasteiger partial charge in [-0.05, 0) is 30.7 Å². The van der Waals surface area contributed by atoms with Crippen LogP contribution in [0.2, 0.25) is 0 Å². The quantitative estimate of drug-likeness (QED) is 0.658. The summed E-state index contributed by atoms with van der Waals surface area (Å²) < 4.78 is 22.1. The summed E-state index contributed by atoms with van der Waals surface area (Å²) >= 11 is 0. The van der Waals surface area contributed by atoms with Crippen molar-refractivity contribution in [2.24, 2.45) is 5.14 Å². The number of nitrogens with two attached hydrogens (primary N) is 1. The minimum Gasteiger partial charge on any atom is -0.225 e. The first kappa shape index (κ1) is 14.7. The molecule has 4 heteroatoms. The molecule has 0 amide bonds. The third-order valence-electron chi connectivity index (χ3n) is 2.57. The van der Waals surface area contributed by atoms with Crippen LogP contribution in [-0.4, -0.2) is 8.42 Å². The molecule has 0 aromatic heterocycles. The van der Waals surface area contributed by atoms with Crippen LogP contribution in [0.1, 0.15) is 46.0 Å². The van der Waals surface area contributed by atoms with Gasteiger partial charge >= 0.3 is 0 Å². The molecule has 1 rings (SSSR count). The van der Waals surface area contributed by atoms with Gasteiger partial charge in [-0.3, -0.25) is 0 Å². The van der Waals surface area contributed by atoms with Gasteiger partial charge in [0.05, 0.1) is 4.90 Å². The van der Waals surface area contributed by atoms with Crippen LogP contribution in [0.4, 0.5) is 0 Å². The Kier molecular flexibility index (Phi) is 5.90. The second kappa shape index (κ2) is 7.20.